The Kier molecular flexibility index (Phi) is 3.69. The molecule has 0 spiro atoms. The molecule has 1 rings (SSSR count). The van der Waals surface area contributed by atoms with Crippen LogP contribution in [0.2, 0.25) is 0 Å². The van der Waals surface area contributed by atoms with Crippen molar-refractivity contribution < 1.29 is 5.11 Å². The number of aryl methyl sites for hydroxylation is 2. The lowest BCUT2D eigenvalue weighted by Crippen LogP contribution is -2.24. The number of hydrogen-bond donors (Lipinski definition) is 2. The molecule has 5 heteroatoms. The van der Waals surface area contributed by atoms with E-state index in [-0.39, 0.29) is 12.6 Å². The van der Waals surface area contributed by atoms with Crippen LogP contribution >= 0.6 is 0 Å². The summed E-state index contributed by atoms with van der Waals surface area (Å²) in [5.74, 6) is 0.677. The van der Waals surface area contributed by atoms with E-state index in [2.05, 4.69) is 16.5 Å². The molecule has 0 aliphatic carbocycles. The third-order valence-electron chi connectivity index (χ3n) is 2.39. The number of aromatic nitrogens is 2. The molecule has 2 N–H and O–H groups in total. The lowest BCUT2D eigenvalue weighted by molar-refractivity contribution is 0.271. The first kappa shape index (κ1) is 11.5. The van der Waals surface area contributed by atoms with E-state index in [1.165, 1.54) is 0 Å². The third-order valence-corrected chi connectivity index (χ3v) is 2.39. The predicted octanol–water partition coefficient (Wildman–Crippen LogP) is 0.783. The number of anilines is 1. The Morgan fingerprint density at radius 2 is 2.33 bits per heavy atom. The van der Waals surface area contributed by atoms with E-state index in [9.17, 15) is 0 Å². The van der Waals surface area contributed by atoms with Crippen molar-refractivity contribution in [3.63, 3.8) is 0 Å². The molecular formula is C10H16N4O. The van der Waals surface area contributed by atoms with Gasteiger partial charge in [0.25, 0.3) is 0 Å². The largest absolute Gasteiger partial charge is 0.394 e. The average molecular weight is 208 g/mol. The van der Waals surface area contributed by atoms with E-state index < -0.39 is 0 Å². The fraction of sp³-hybridized carbons (Fsp3) is 0.600. The van der Waals surface area contributed by atoms with Crippen molar-refractivity contribution in [2.45, 2.75) is 26.3 Å². The summed E-state index contributed by atoms with van der Waals surface area (Å²) >= 11 is 0. The van der Waals surface area contributed by atoms with Gasteiger partial charge in [0.05, 0.1) is 18.3 Å². The Bertz CT molecular complexity index is 374. The summed E-state index contributed by atoms with van der Waals surface area (Å²) in [6.45, 7) is 3.82. The quantitative estimate of drug-likeness (QED) is 0.767. The maximum absolute atomic E-state index is 9.07. The number of nitrogens with zero attached hydrogens (tertiary/aromatic N) is 3. The van der Waals surface area contributed by atoms with Crippen LogP contribution in [-0.2, 0) is 7.05 Å². The molecule has 0 bridgehead atoms. The molecule has 1 aromatic heterocycles. The van der Waals surface area contributed by atoms with Crippen molar-refractivity contribution in [1.82, 2.24) is 9.78 Å². The van der Waals surface area contributed by atoms with Gasteiger partial charge in [-0.15, -0.1) is 0 Å². The first-order chi connectivity index (χ1) is 7.13. The number of aliphatic hydroxyl groups excluding tert-OH is 1. The molecule has 0 radical (unpaired) electrons. The van der Waals surface area contributed by atoms with Gasteiger partial charge in [-0.2, -0.15) is 10.4 Å². The van der Waals surface area contributed by atoms with E-state index in [1.54, 1.807) is 18.7 Å². The highest BCUT2D eigenvalue weighted by atomic mass is 16.3. The van der Waals surface area contributed by atoms with Crippen molar-refractivity contribution in [2.75, 3.05) is 11.9 Å². The van der Waals surface area contributed by atoms with Crippen molar-refractivity contribution in [3.05, 3.63) is 11.3 Å². The van der Waals surface area contributed by atoms with Crippen molar-refractivity contribution in [1.29, 1.82) is 5.26 Å². The van der Waals surface area contributed by atoms with Crippen molar-refractivity contribution in [3.8, 4) is 6.07 Å². The van der Waals surface area contributed by atoms with Gasteiger partial charge in [0.2, 0.25) is 0 Å². The number of nitriles is 1. The predicted molar refractivity (Wildman–Crippen MR) is 57.4 cm³/mol. The Morgan fingerprint density at radius 3 is 2.80 bits per heavy atom. The lowest BCUT2D eigenvalue weighted by atomic mass is 10.2. The minimum absolute atomic E-state index is 0.0353. The summed E-state index contributed by atoms with van der Waals surface area (Å²) in [6.07, 6.45) is 0.797. The van der Waals surface area contributed by atoms with Crippen LogP contribution < -0.4 is 5.32 Å². The maximum Gasteiger partial charge on any atom is 0.142 e. The summed E-state index contributed by atoms with van der Waals surface area (Å²) in [5.41, 5.74) is 1.25. The van der Waals surface area contributed by atoms with E-state index in [1.807, 2.05) is 6.92 Å². The van der Waals surface area contributed by atoms with Crippen LogP contribution in [0.1, 0.15) is 24.6 Å². The van der Waals surface area contributed by atoms with E-state index in [0.717, 1.165) is 6.42 Å². The van der Waals surface area contributed by atoms with Gasteiger partial charge in [-0.3, -0.25) is 4.68 Å². The van der Waals surface area contributed by atoms with Crippen LogP contribution in [0, 0.1) is 18.3 Å². The topological polar surface area (TPSA) is 73.9 Å². The molecule has 1 aromatic rings. The number of aliphatic hydroxyl groups is 1. The van der Waals surface area contributed by atoms with Gasteiger partial charge in [-0.25, -0.2) is 0 Å². The lowest BCUT2D eigenvalue weighted by Gasteiger charge is -2.15. The molecule has 1 unspecified atom stereocenters. The molecule has 0 aromatic carbocycles. The van der Waals surface area contributed by atoms with Crippen molar-refractivity contribution in [2.24, 2.45) is 7.05 Å². The standard InChI is InChI=1S/C10H16N4O/c1-4-8(6-15)12-10-9(5-11)7(2)13-14(10)3/h8,12,15H,4,6H2,1-3H3. The Morgan fingerprint density at radius 1 is 1.67 bits per heavy atom. The first-order valence-electron chi connectivity index (χ1n) is 4.95. The Balaban J connectivity index is 2.98. The van der Waals surface area contributed by atoms with Crippen LogP contribution in [-0.4, -0.2) is 27.5 Å². The van der Waals surface area contributed by atoms with Gasteiger partial charge < -0.3 is 10.4 Å². The van der Waals surface area contributed by atoms with Gasteiger partial charge in [0, 0.05) is 7.05 Å². The second-order valence-electron chi connectivity index (χ2n) is 3.48. The molecule has 0 saturated heterocycles. The monoisotopic (exact) mass is 208 g/mol. The molecule has 0 aliphatic heterocycles. The fourth-order valence-corrected chi connectivity index (χ4v) is 1.43. The van der Waals surface area contributed by atoms with Crippen LogP contribution in [0.4, 0.5) is 5.82 Å². The van der Waals surface area contributed by atoms with Crippen molar-refractivity contribution >= 4 is 5.82 Å². The minimum atomic E-state index is -0.0353. The summed E-state index contributed by atoms with van der Waals surface area (Å²) in [5, 5.41) is 25.3. The first-order valence-corrected chi connectivity index (χ1v) is 4.95. The van der Waals surface area contributed by atoms with Gasteiger partial charge in [0.15, 0.2) is 0 Å². The molecule has 0 aliphatic rings. The van der Waals surface area contributed by atoms with Crippen LogP contribution in [0.5, 0.6) is 0 Å². The summed E-state index contributed by atoms with van der Waals surface area (Å²) in [7, 11) is 1.78. The maximum atomic E-state index is 9.07. The van der Waals surface area contributed by atoms with Crippen LogP contribution in [0.15, 0.2) is 0 Å². The Hall–Kier alpha value is -1.54. The highest BCUT2D eigenvalue weighted by molar-refractivity contribution is 5.55. The second-order valence-corrected chi connectivity index (χ2v) is 3.48. The molecular weight excluding hydrogens is 192 g/mol. The minimum Gasteiger partial charge on any atom is -0.394 e. The summed E-state index contributed by atoms with van der Waals surface area (Å²) in [6, 6.07) is 2.08. The van der Waals surface area contributed by atoms with E-state index >= 15 is 0 Å². The molecule has 15 heavy (non-hydrogen) atoms. The zero-order chi connectivity index (χ0) is 11.4. The van der Waals surface area contributed by atoms with Gasteiger partial charge in [0.1, 0.15) is 17.5 Å². The van der Waals surface area contributed by atoms with E-state index in [0.29, 0.717) is 17.1 Å². The van der Waals surface area contributed by atoms with Crippen LogP contribution in [0.25, 0.3) is 0 Å². The van der Waals surface area contributed by atoms with Gasteiger partial charge in [-0.1, -0.05) is 6.92 Å². The number of nitrogens with one attached hydrogen (secondary N) is 1. The number of hydrogen-bond acceptors (Lipinski definition) is 4. The van der Waals surface area contributed by atoms with Gasteiger partial charge >= 0.3 is 0 Å². The molecule has 5 nitrogen and oxygen atoms in total. The smallest absolute Gasteiger partial charge is 0.142 e. The van der Waals surface area contributed by atoms with Crippen LogP contribution in [0.3, 0.4) is 0 Å². The zero-order valence-electron chi connectivity index (χ0n) is 9.28. The molecule has 1 atom stereocenters. The zero-order valence-corrected chi connectivity index (χ0v) is 9.28. The number of rotatable bonds is 4. The second kappa shape index (κ2) is 4.80. The molecule has 1 heterocycles. The highest BCUT2D eigenvalue weighted by Crippen LogP contribution is 2.18. The fourth-order valence-electron chi connectivity index (χ4n) is 1.43. The third kappa shape index (κ3) is 2.28. The molecule has 0 saturated carbocycles. The summed E-state index contributed by atoms with van der Waals surface area (Å²) in [4.78, 5) is 0. The SMILES string of the molecule is CCC(CO)Nc1c(C#N)c(C)nn1C. The van der Waals surface area contributed by atoms with Gasteiger partial charge in [-0.05, 0) is 13.3 Å². The van der Waals surface area contributed by atoms with E-state index in [4.69, 9.17) is 10.4 Å². The normalized spacial score (nSPS) is 12.2. The highest BCUT2D eigenvalue weighted by Gasteiger charge is 2.15. The molecule has 0 fully saturated rings. The Labute approximate surface area is 89.3 Å². The summed E-state index contributed by atoms with van der Waals surface area (Å²) < 4.78 is 1.63. The average Bonchev–Trinajstić information content (AvgIpc) is 2.49. The molecule has 0 amide bonds. The molecule has 82 valence electrons.